The summed E-state index contributed by atoms with van der Waals surface area (Å²) in [5, 5.41) is 10.5. The minimum atomic E-state index is -0.646. The molecule has 0 aliphatic heterocycles. The van der Waals surface area contributed by atoms with Gasteiger partial charge in [0.25, 0.3) is 0 Å². The molecule has 132 valence electrons. The molecule has 26 heavy (non-hydrogen) atoms. The van der Waals surface area contributed by atoms with E-state index in [4.69, 9.17) is 9.47 Å². The number of nitrogens with zero attached hydrogens (tertiary/aromatic N) is 2. The highest BCUT2D eigenvalue weighted by Crippen LogP contribution is 2.34. The standard InChI is InChI=1S/C21H20N2O3/c1-21(2,3)26-20(24)23-18-8-6-5-7-16(18)17(13-22)19(23)14-9-11-15(25-4)12-10-14/h5-12H,1-4H3. The van der Waals surface area contributed by atoms with Crippen LogP contribution < -0.4 is 4.74 Å². The van der Waals surface area contributed by atoms with Gasteiger partial charge in [-0.25, -0.2) is 9.36 Å². The number of fused-ring (bicyclic) bond motifs is 1. The third kappa shape index (κ3) is 3.14. The van der Waals surface area contributed by atoms with Gasteiger partial charge in [0.05, 0.1) is 23.9 Å². The number of aromatic nitrogens is 1. The minimum absolute atomic E-state index is 0.441. The van der Waals surface area contributed by atoms with Crippen LogP contribution in [0.5, 0.6) is 5.75 Å². The van der Waals surface area contributed by atoms with Gasteiger partial charge in [0.15, 0.2) is 0 Å². The summed E-state index contributed by atoms with van der Waals surface area (Å²) in [5.74, 6) is 0.701. The number of ether oxygens (including phenoxy) is 2. The Kier molecular flexibility index (Phi) is 4.43. The second-order valence-corrected chi connectivity index (χ2v) is 6.90. The monoisotopic (exact) mass is 348 g/mol. The number of rotatable bonds is 2. The molecule has 0 amide bonds. The van der Waals surface area contributed by atoms with Crippen molar-refractivity contribution in [2.24, 2.45) is 0 Å². The first-order chi connectivity index (χ1) is 12.4. The van der Waals surface area contributed by atoms with E-state index in [9.17, 15) is 10.1 Å². The third-order valence-corrected chi connectivity index (χ3v) is 3.93. The fourth-order valence-electron chi connectivity index (χ4n) is 2.87. The van der Waals surface area contributed by atoms with Crippen LogP contribution in [-0.4, -0.2) is 23.4 Å². The van der Waals surface area contributed by atoms with Crippen LogP contribution in [0, 0.1) is 11.3 Å². The van der Waals surface area contributed by atoms with Crippen molar-refractivity contribution in [1.29, 1.82) is 5.26 Å². The summed E-state index contributed by atoms with van der Waals surface area (Å²) in [6, 6.07) is 16.8. The van der Waals surface area contributed by atoms with E-state index in [1.54, 1.807) is 19.2 Å². The maximum absolute atomic E-state index is 12.9. The first kappa shape index (κ1) is 17.6. The Hall–Kier alpha value is -3.26. The maximum atomic E-state index is 12.9. The topological polar surface area (TPSA) is 64.2 Å². The van der Waals surface area contributed by atoms with Crippen molar-refractivity contribution in [3.63, 3.8) is 0 Å². The zero-order valence-electron chi connectivity index (χ0n) is 15.2. The molecular formula is C21H20N2O3. The number of para-hydroxylation sites is 1. The van der Waals surface area contributed by atoms with E-state index in [0.29, 0.717) is 27.9 Å². The molecule has 0 atom stereocenters. The summed E-state index contributed by atoms with van der Waals surface area (Å²) in [5.41, 5.74) is 1.70. The summed E-state index contributed by atoms with van der Waals surface area (Å²) >= 11 is 0. The predicted molar refractivity (Wildman–Crippen MR) is 100 cm³/mol. The Morgan fingerprint density at radius 3 is 2.31 bits per heavy atom. The summed E-state index contributed by atoms with van der Waals surface area (Å²) in [6.07, 6.45) is -0.513. The molecule has 0 aliphatic rings. The van der Waals surface area contributed by atoms with Crippen molar-refractivity contribution in [3.8, 4) is 23.1 Å². The Labute approximate surface area is 152 Å². The number of hydrogen-bond acceptors (Lipinski definition) is 4. The van der Waals surface area contributed by atoms with Gasteiger partial charge < -0.3 is 9.47 Å². The van der Waals surface area contributed by atoms with Crippen molar-refractivity contribution < 1.29 is 14.3 Å². The number of nitriles is 1. The van der Waals surface area contributed by atoms with Crippen LogP contribution in [0.1, 0.15) is 26.3 Å². The van der Waals surface area contributed by atoms with E-state index in [2.05, 4.69) is 6.07 Å². The molecule has 0 spiro atoms. The van der Waals surface area contributed by atoms with E-state index in [-0.39, 0.29) is 0 Å². The Morgan fingerprint density at radius 2 is 1.73 bits per heavy atom. The zero-order chi connectivity index (χ0) is 18.9. The molecule has 3 aromatic rings. The SMILES string of the molecule is COc1ccc(-c2c(C#N)c3ccccc3n2C(=O)OC(C)(C)C)cc1. The molecule has 2 aromatic carbocycles. The van der Waals surface area contributed by atoms with Gasteiger partial charge in [-0.3, -0.25) is 0 Å². The van der Waals surface area contributed by atoms with Crippen molar-refractivity contribution >= 4 is 17.0 Å². The molecule has 0 saturated carbocycles. The maximum Gasteiger partial charge on any atom is 0.419 e. The normalized spacial score (nSPS) is 11.2. The zero-order valence-corrected chi connectivity index (χ0v) is 15.2. The summed E-state index contributed by atoms with van der Waals surface area (Å²) < 4.78 is 12.3. The van der Waals surface area contributed by atoms with Gasteiger partial charge in [-0.1, -0.05) is 18.2 Å². The molecule has 0 bridgehead atoms. The number of benzene rings is 2. The lowest BCUT2D eigenvalue weighted by atomic mass is 10.1. The Bertz CT molecular complexity index is 1000. The van der Waals surface area contributed by atoms with Gasteiger partial charge in [0.1, 0.15) is 17.4 Å². The number of carbonyl (C=O) groups excluding carboxylic acids is 1. The highest BCUT2D eigenvalue weighted by Gasteiger charge is 2.26. The number of carbonyl (C=O) groups is 1. The van der Waals surface area contributed by atoms with Crippen LogP contribution in [0.2, 0.25) is 0 Å². The predicted octanol–water partition coefficient (Wildman–Crippen LogP) is 4.97. The van der Waals surface area contributed by atoms with Crippen LogP contribution >= 0.6 is 0 Å². The largest absolute Gasteiger partial charge is 0.497 e. The van der Waals surface area contributed by atoms with Gasteiger partial charge in [0, 0.05) is 10.9 Å². The van der Waals surface area contributed by atoms with Gasteiger partial charge in [-0.15, -0.1) is 0 Å². The third-order valence-electron chi connectivity index (χ3n) is 3.93. The second kappa shape index (κ2) is 6.57. The smallest absolute Gasteiger partial charge is 0.419 e. The highest BCUT2D eigenvalue weighted by atomic mass is 16.6. The summed E-state index contributed by atoms with van der Waals surface area (Å²) in [7, 11) is 1.59. The van der Waals surface area contributed by atoms with E-state index >= 15 is 0 Å². The quantitative estimate of drug-likeness (QED) is 0.656. The number of hydrogen-bond donors (Lipinski definition) is 0. The van der Waals surface area contributed by atoms with Crippen LogP contribution in [0.3, 0.4) is 0 Å². The van der Waals surface area contributed by atoms with Crippen molar-refractivity contribution in [1.82, 2.24) is 4.57 Å². The van der Waals surface area contributed by atoms with Crippen LogP contribution in [0.15, 0.2) is 48.5 Å². The van der Waals surface area contributed by atoms with Crippen LogP contribution in [0.4, 0.5) is 4.79 Å². The molecule has 3 rings (SSSR count). The van der Waals surface area contributed by atoms with Gasteiger partial charge in [-0.05, 0) is 51.1 Å². The fraction of sp³-hybridized carbons (Fsp3) is 0.238. The molecule has 0 radical (unpaired) electrons. The van der Waals surface area contributed by atoms with Crippen molar-refractivity contribution in [2.75, 3.05) is 7.11 Å². The lowest BCUT2D eigenvalue weighted by molar-refractivity contribution is 0.0547. The second-order valence-electron chi connectivity index (χ2n) is 6.90. The van der Waals surface area contributed by atoms with Crippen molar-refractivity contribution in [3.05, 3.63) is 54.1 Å². The van der Waals surface area contributed by atoms with Gasteiger partial charge in [0.2, 0.25) is 0 Å². The molecular weight excluding hydrogens is 328 g/mol. The molecule has 0 saturated heterocycles. The minimum Gasteiger partial charge on any atom is -0.497 e. The van der Waals surface area contributed by atoms with Crippen molar-refractivity contribution in [2.45, 2.75) is 26.4 Å². The molecule has 1 aromatic heterocycles. The lowest BCUT2D eigenvalue weighted by Gasteiger charge is -2.21. The average Bonchev–Trinajstić information content (AvgIpc) is 2.94. The molecule has 0 aliphatic carbocycles. The summed E-state index contributed by atoms with van der Waals surface area (Å²) in [4.78, 5) is 12.9. The molecule has 0 N–H and O–H groups in total. The van der Waals surface area contributed by atoms with Crippen LogP contribution in [0.25, 0.3) is 22.2 Å². The van der Waals surface area contributed by atoms with E-state index in [1.165, 1.54) is 4.57 Å². The van der Waals surface area contributed by atoms with Gasteiger partial charge >= 0.3 is 6.09 Å². The first-order valence-corrected chi connectivity index (χ1v) is 8.27. The Morgan fingerprint density at radius 1 is 1.08 bits per heavy atom. The molecule has 0 unspecified atom stereocenters. The lowest BCUT2D eigenvalue weighted by Crippen LogP contribution is -2.27. The van der Waals surface area contributed by atoms with E-state index < -0.39 is 11.7 Å². The highest BCUT2D eigenvalue weighted by molar-refractivity contribution is 6.01. The molecule has 5 heteroatoms. The first-order valence-electron chi connectivity index (χ1n) is 8.27. The van der Waals surface area contributed by atoms with Crippen LogP contribution in [-0.2, 0) is 4.74 Å². The molecule has 1 heterocycles. The van der Waals surface area contributed by atoms with E-state index in [1.807, 2.05) is 57.2 Å². The summed E-state index contributed by atoms with van der Waals surface area (Å²) in [6.45, 7) is 5.44. The van der Waals surface area contributed by atoms with E-state index in [0.717, 1.165) is 5.56 Å². The average molecular weight is 348 g/mol. The van der Waals surface area contributed by atoms with Gasteiger partial charge in [-0.2, -0.15) is 5.26 Å². The molecule has 5 nitrogen and oxygen atoms in total. The molecule has 0 fully saturated rings. The fourth-order valence-corrected chi connectivity index (χ4v) is 2.87. The Balaban J connectivity index is 2.30. The number of methoxy groups -OCH3 is 1.